The number of carbonyl (C=O) groups excluding carboxylic acids is 2. The first-order valence-corrected chi connectivity index (χ1v) is 6.85. The normalized spacial score (nSPS) is 17.4. The molecule has 92 valence electrons. The maximum absolute atomic E-state index is 11.2. The summed E-state index contributed by atoms with van der Waals surface area (Å²) in [5.41, 5.74) is 1.26. The molecule has 1 aromatic rings. The van der Waals surface area contributed by atoms with Gasteiger partial charge in [-0.1, -0.05) is 6.92 Å². The Hall–Kier alpha value is -1.00. The molecule has 0 unspecified atom stereocenters. The van der Waals surface area contributed by atoms with Gasteiger partial charge in [0.2, 0.25) is 0 Å². The monoisotopic (exact) mass is 251 g/mol. The Balaban J connectivity index is 2.04. The number of aryl methyl sites for hydroxylation is 1. The van der Waals surface area contributed by atoms with Gasteiger partial charge < -0.3 is 0 Å². The average molecular weight is 251 g/mol. The molecule has 3 nitrogen and oxygen atoms in total. The topological polar surface area (TPSA) is 37.4 Å². The second-order valence-electron chi connectivity index (χ2n) is 4.38. The van der Waals surface area contributed by atoms with Gasteiger partial charge >= 0.3 is 0 Å². The molecule has 1 aliphatic rings. The highest BCUT2D eigenvalue weighted by Crippen LogP contribution is 2.24. The Labute approximate surface area is 105 Å². The smallest absolute Gasteiger partial charge is 0.160 e. The Morgan fingerprint density at radius 2 is 2.12 bits per heavy atom. The lowest BCUT2D eigenvalue weighted by Crippen LogP contribution is -2.33. The van der Waals surface area contributed by atoms with Crippen molar-refractivity contribution in [1.29, 1.82) is 0 Å². The number of likely N-dealkylation sites (tertiary alicyclic amines) is 1. The Bertz CT molecular complexity index is 415. The Kier molecular flexibility index (Phi) is 4.07. The number of Topliss-reactive ketones (excluding diaryl/α,β-unsaturated/α-hetero) is 1. The SMILES string of the molecule is CCc1sc(C=O)cc1CN1CCC(=O)CC1. The van der Waals surface area contributed by atoms with Crippen molar-refractivity contribution >= 4 is 23.4 Å². The molecule has 2 heterocycles. The summed E-state index contributed by atoms with van der Waals surface area (Å²) in [5, 5.41) is 0. The lowest BCUT2D eigenvalue weighted by atomic mass is 10.1. The van der Waals surface area contributed by atoms with Gasteiger partial charge in [0.25, 0.3) is 0 Å². The van der Waals surface area contributed by atoms with Gasteiger partial charge in [-0.2, -0.15) is 0 Å². The van der Waals surface area contributed by atoms with E-state index in [-0.39, 0.29) is 0 Å². The molecule has 0 aliphatic carbocycles. The first kappa shape index (κ1) is 12.5. The van der Waals surface area contributed by atoms with Crippen LogP contribution in [0.25, 0.3) is 0 Å². The molecule has 0 bridgehead atoms. The second-order valence-corrected chi connectivity index (χ2v) is 5.55. The molecule has 2 rings (SSSR count). The fourth-order valence-corrected chi connectivity index (χ4v) is 3.11. The molecular weight excluding hydrogens is 234 g/mol. The lowest BCUT2D eigenvalue weighted by molar-refractivity contribution is -0.121. The van der Waals surface area contributed by atoms with Crippen molar-refractivity contribution < 1.29 is 9.59 Å². The van der Waals surface area contributed by atoms with Crippen LogP contribution in [0, 0.1) is 0 Å². The summed E-state index contributed by atoms with van der Waals surface area (Å²) in [7, 11) is 0. The highest BCUT2D eigenvalue weighted by atomic mass is 32.1. The van der Waals surface area contributed by atoms with Crippen molar-refractivity contribution in [1.82, 2.24) is 4.90 Å². The van der Waals surface area contributed by atoms with Crippen molar-refractivity contribution in [3.05, 3.63) is 21.4 Å². The highest BCUT2D eigenvalue weighted by Gasteiger charge is 2.18. The van der Waals surface area contributed by atoms with E-state index >= 15 is 0 Å². The van der Waals surface area contributed by atoms with Crippen LogP contribution in [-0.4, -0.2) is 30.1 Å². The number of rotatable bonds is 4. The van der Waals surface area contributed by atoms with Crippen molar-refractivity contribution in [3.8, 4) is 0 Å². The van der Waals surface area contributed by atoms with E-state index in [1.807, 2.05) is 6.07 Å². The van der Waals surface area contributed by atoms with Gasteiger partial charge in [0.05, 0.1) is 4.88 Å². The summed E-state index contributed by atoms with van der Waals surface area (Å²) in [4.78, 5) is 26.3. The molecule has 0 spiro atoms. The number of nitrogens with zero attached hydrogens (tertiary/aromatic N) is 1. The molecule has 0 atom stereocenters. The van der Waals surface area contributed by atoms with Crippen LogP contribution in [0.5, 0.6) is 0 Å². The molecule has 1 aliphatic heterocycles. The quantitative estimate of drug-likeness (QED) is 0.770. The summed E-state index contributed by atoms with van der Waals surface area (Å²) in [6.45, 7) is 4.70. The molecular formula is C13H17NO2S. The number of piperidine rings is 1. The van der Waals surface area contributed by atoms with Crippen LogP contribution in [0.4, 0.5) is 0 Å². The summed E-state index contributed by atoms with van der Waals surface area (Å²) >= 11 is 1.59. The van der Waals surface area contributed by atoms with E-state index in [9.17, 15) is 9.59 Å². The van der Waals surface area contributed by atoms with Gasteiger partial charge in [0.15, 0.2) is 6.29 Å². The molecule has 4 heteroatoms. The Morgan fingerprint density at radius 1 is 1.41 bits per heavy atom. The third-order valence-electron chi connectivity index (χ3n) is 3.16. The maximum Gasteiger partial charge on any atom is 0.160 e. The third-order valence-corrected chi connectivity index (χ3v) is 4.41. The molecule has 0 aromatic carbocycles. The van der Waals surface area contributed by atoms with Crippen molar-refractivity contribution in [2.45, 2.75) is 32.7 Å². The van der Waals surface area contributed by atoms with Crippen LogP contribution in [0.2, 0.25) is 0 Å². The molecule has 0 saturated carbocycles. The van der Waals surface area contributed by atoms with Crippen LogP contribution in [0.3, 0.4) is 0 Å². The van der Waals surface area contributed by atoms with Gasteiger partial charge in [0.1, 0.15) is 5.78 Å². The number of thiophene rings is 1. The summed E-state index contributed by atoms with van der Waals surface area (Å²) in [6.07, 6.45) is 3.24. The zero-order valence-corrected chi connectivity index (χ0v) is 10.9. The summed E-state index contributed by atoms with van der Waals surface area (Å²) < 4.78 is 0. The van der Waals surface area contributed by atoms with Crippen molar-refractivity contribution in [3.63, 3.8) is 0 Å². The van der Waals surface area contributed by atoms with E-state index in [0.29, 0.717) is 18.6 Å². The first-order valence-electron chi connectivity index (χ1n) is 6.03. The van der Waals surface area contributed by atoms with E-state index in [1.165, 1.54) is 10.4 Å². The summed E-state index contributed by atoms with van der Waals surface area (Å²) in [5.74, 6) is 0.371. The summed E-state index contributed by atoms with van der Waals surface area (Å²) in [6, 6.07) is 1.99. The molecule has 1 aromatic heterocycles. The van der Waals surface area contributed by atoms with Crippen LogP contribution >= 0.6 is 11.3 Å². The molecule has 0 amide bonds. The second kappa shape index (κ2) is 5.56. The zero-order chi connectivity index (χ0) is 12.3. The fraction of sp³-hybridized carbons (Fsp3) is 0.538. The number of hydrogen-bond donors (Lipinski definition) is 0. The average Bonchev–Trinajstić information content (AvgIpc) is 2.74. The number of carbonyl (C=O) groups is 2. The minimum absolute atomic E-state index is 0.371. The highest BCUT2D eigenvalue weighted by molar-refractivity contribution is 7.13. The molecule has 1 saturated heterocycles. The van der Waals surface area contributed by atoms with Gasteiger partial charge in [0, 0.05) is 37.4 Å². The molecule has 17 heavy (non-hydrogen) atoms. The predicted molar refractivity (Wildman–Crippen MR) is 68.6 cm³/mol. The first-order chi connectivity index (χ1) is 8.22. The van der Waals surface area contributed by atoms with Gasteiger partial charge in [-0.15, -0.1) is 11.3 Å². The van der Waals surface area contributed by atoms with E-state index in [4.69, 9.17) is 0 Å². The van der Waals surface area contributed by atoms with Crippen LogP contribution in [-0.2, 0) is 17.8 Å². The van der Waals surface area contributed by atoms with Gasteiger partial charge in [-0.25, -0.2) is 0 Å². The predicted octanol–water partition coefficient (Wildman–Crippen LogP) is 2.29. The van der Waals surface area contributed by atoms with E-state index in [1.54, 1.807) is 11.3 Å². The Morgan fingerprint density at radius 3 is 2.71 bits per heavy atom. The molecule has 1 fully saturated rings. The number of ketones is 1. The number of hydrogen-bond acceptors (Lipinski definition) is 4. The number of aldehydes is 1. The van der Waals surface area contributed by atoms with Crippen molar-refractivity contribution in [2.24, 2.45) is 0 Å². The molecule has 0 N–H and O–H groups in total. The maximum atomic E-state index is 11.2. The minimum Gasteiger partial charge on any atom is -0.300 e. The van der Waals surface area contributed by atoms with E-state index in [0.717, 1.165) is 37.2 Å². The lowest BCUT2D eigenvalue weighted by Gasteiger charge is -2.25. The van der Waals surface area contributed by atoms with Crippen LogP contribution in [0.1, 0.15) is 39.9 Å². The third kappa shape index (κ3) is 3.01. The minimum atomic E-state index is 0.371. The van der Waals surface area contributed by atoms with Crippen LogP contribution in [0.15, 0.2) is 6.07 Å². The van der Waals surface area contributed by atoms with E-state index < -0.39 is 0 Å². The van der Waals surface area contributed by atoms with Crippen LogP contribution < -0.4 is 0 Å². The van der Waals surface area contributed by atoms with Gasteiger partial charge in [-0.05, 0) is 18.1 Å². The standard InChI is InChI=1S/C13H17NO2S/c1-2-13-10(7-12(9-15)17-13)8-14-5-3-11(16)4-6-14/h7,9H,2-6,8H2,1H3. The van der Waals surface area contributed by atoms with Gasteiger partial charge in [-0.3, -0.25) is 14.5 Å². The largest absolute Gasteiger partial charge is 0.300 e. The fourth-order valence-electron chi connectivity index (χ4n) is 2.18. The molecule has 0 radical (unpaired) electrons. The van der Waals surface area contributed by atoms with Crippen molar-refractivity contribution in [2.75, 3.05) is 13.1 Å². The van der Waals surface area contributed by atoms with E-state index in [2.05, 4.69) is 11.8 Å². The zero-order valence-electron chi connectivity index (χ0n) is 10.1.